The molecule has 1 atom stereocenters. The minimum absolute atomic E-state index is 0.00720. The Hall–Kier alpha value is -2.28. The van der Waals surface area contributed by atoms with Crippen molar-refractivity contribution in [2.24, 2.45) is 0 Å². The lowest BCUT2D eigenvalue weighted by Crippen LogP contribution is -2.46. The Balaban J connectivity index is 2.08. The van der Waals surface area contributed by atoms with Crippen molar-refractivity contribution in [1.82, 2.24) is 4.90 Å². The highest BCUT2D eigenvalue weighted by Gasteiger charge is 2.32. The van der Waals surface area contributed by atoms with E-state index >= 15 is 0 Å². The van der Waals surface area contributed by atoms with Crippen molar-refractivity contribution < 1.29 is 9.53 Å². The fourth-order valence-electron chi connectivity index (χ4n) is 2.02. The van der Waals surface area contributed by atoms with Crippen molar-refractivity contribution in [2.75, 3.05) is 6.61 Å². The number of amides is 1. The quantitative estimate of drug-likeness (QED) is 0.817. The number of hydrogen-bond donors (Lipinski definition) is 0. The maximum atomic E-state index is 12.1. The van der Waals surface area contributed by atoms with Crippen LogP contribution in [0.5, 0.6) is 5.75 Å². The van der Waals surface area contributed by atoms with Crippen molar-refractivity contribution >= 4 is 5.91 Å². The number of rotatable bonds is 3. The molecule has 4 heteroatoms. The van der Waals surface area contributed by atoms with Gasteiger partial charge in [0.05, 0.1) is 0 Å². The Kier molecular flexibility index (Phi) is 3.33. The summed E-state index contributed by atoms with van der Waals surface area (Å²) in [6.45, 7) is 5.85. The van der Waals surface area contributed by atoms with Crippen LogP contribution in [-0.4, -0.2) is 23.5 Å². The number of ether oxygens (including phenoxy) is 1. The second-order valence-corrected chi connectivity index (χ2v) is 4.27. The lowest BCUT2D eigenvalue weighted by atomic mass is 9.99. The van der Waals surface area contributed by atoms with E-state index in [4.69, 9.17) is 10.00 Å². The van der Waals surface area contributed by atoms with Crippen LogP contribution in [0.1, 0.15) is 23.7 Å². The van der Waals surface area contributed by atoms with Crippen molar-refractivity contribution in [3.8, 4) is 11.8 Å². The van der Waals surface area contributed by atoms with E-state index in [1.165, 1.54) is 0 Å². The monoisotopic (exact) mass is 242 g/mol. The van der Waals surface area contributed by atoms with Crippen molar-refractivity contribution in [2.45, 2.75) is 19.4 Å². The van der Waals surface area contributed by atoms with E-state index in [1.807, 2.05) is 13.0 Å². The molecule has 18 heavy (non-hydrogen) atoms. The van der Waals surface area contributed by atoms with E-state index in [-0.39, 0.29) is 18.6 Å². The third-order valence-corrected chi connectivity index (χ3v) is 2.94. The first kappa shape index (κ1) is 12.2. The molecule has 0 aromatic heterocycles. The molecular weight excluding hydrogens is 228 g/mol. The van der Waals surface area contributed by atoms with E-state index in [1.54, 1.807) is 29.2 Å². The van der Waals surface area contributed by atoms with Gasteiger partial charge in [-0.2, -0.15) is 5.26 Å². The van der Waals surface area contributed by atoms with Crippen LogP contribution in [-0.2, 0) is 0 Å². The minimum Gasteiger partial charge on any atom is -0.479 e. The Morgan fingerprint density at radius 2 is 2.22 bits per heavy atom. The lowest BCUT2D eigenvalue weighted by molar-refractivity contribution is 0.0650. The Morgan fingerprint density at radius 3 is 2.72 bits per heavy atom. The van der Waals surface area contributed by atoms with Crippen LogP contribution in [0.25, 0.3) is 0 Å². The third-order valence-electron chi connectivity index (χ3n) is 2.94. The Morgan fingerprint density at radius 1 is 1.56 bits per heavy atom. The number of hydrogen-bond acceptors (Lipinski definition) is 3. The summed E-state index contributed by atoms with van der Waals surface area (Å²) in [5.41, 5.74) is 1.46. The van der Waals surface area contributed by atoms with Crippen LogP contribution >= 0.6 is 0 Å². The molecule has 1 aliphatic heterocycles. The molecule has 1 heterocycles. The average molecular weight is 242 g/mol. The van der Waals surface area contributed by atoms with Gasteiger partial charge in [0.1, 0.15) is 11.8 Å². The molecule has 1 aromatic rings. The number of nitriles is 1. The number of nitrogens with zero attached hydrogens (tertiary/aromatic N) is 2. The molecule has 0 radical (unpaired) electrons. The SMILES string of the molecule is C=C1CC(C)N1C(=O)c1ccc(OCC#N)cc1. The molecule has 0 aliphatic carbocycles. The molecule has 0 N–H and O–H groups in total. The van der Waals surface area contributed by atoms with Gasteiger partial charge in [0.25, 0.3) is 5.91 Å². The van der Waals surface area contributed by atoms with E-state index in [9.17, 15) is 4.79 Å². The van der Waals surface area contributed by atoms with Gasteiger partial charge in [-0.1, -0.05) is 6.58 Å². The highest BCUT2D eigenvalue weighted by atomic mass is 16.5. The molecule has 0 bridgehead atoms. The largest absolute Gasteiger partial charge is 0.479 e. The van der Waals surface area contributed by atoms with Crippen molar-refractivity contribution in [1.29, 1.82) is 5.26 Å². The fraction of sp³-hybridized carbons (Fsp3) is 0.286. The van der Waals surface area contributed by atoms with Gasteiger partial charge in [0, 0.05) is 23.7 Å². The first-order chi connectivity index (χ1) is 8.63. The highest BCUT2D eigenvalue weighted by Crippen LogP contribution is 2.29. The molecular formula is C14H14N2O2. The molecule has 0 spiro atoms. The minimum atomic E-state index is -0.0365. The van der Waals surface area contributed by atoms with Crippen LogP contribution in [0.3, 0.4) is 0 Å². The standard InChI is InChI=1S/C14H14N2O2/c1-10-9-11(2)16(10)14(17)12-3-5-13(6-4-12)18-8-7-15/h3-6,11H,1,8-9H2,2H3. The first-order valence-electron chi connectivity index (χ1n) is 5.74. The predicted octanol–water partition coefficient (Wildman–Crippen LogP) is 2.34. The number of benzene rings is 1. The summed E-state index contributed by atoms with van der Waals surface area (Å²) in [4.78, 5) is 13.8. The molecule has 1 aromatic carbocycles. The smallest absolute Gasteiger partial charge is 0.258 e. The fourth-order valence-corrected chi connectivity index (χ4v) is 2.02. The molecule has 2 rings (SSSR count). The molecule has 1 unspecified atom stereocenters. The molecule has 1 fully saturated rings. The second kappa shape index (κ2) is 4.92. The predicted molar refractivity (Wildman–Crippen MR) is 66.9 cm³/mol. The zero-order valence-corrected chi connectivity index (χ0v) is 10.2. The van der Waals surface area contributed by atoms with E-state index < -0.39 is 0 Å². The van der Waals surface area contributed by atoms with Gasteiger partial charge < -0.3 is 9.64 Å². The summed E-state index contributed by atoms with van der Waals surface area (Å²) in [7, 11) is 0. The topological polar surface area (TPSA) is 53.3 Å². The number of likely N-dealkylation sites (tertiary alicyclic amines) is 1. The van der Waals surface area contributed by atoms with Crippen molar-refractivity contribution in [3.63, 3.8) is 0 Å². The molecule has 4 nitrogen and oxygen atoms in total. The average Bonchev–Trinajstić information content (AvgIpc) is 2.36. The first-order valence-corrected chi connectivity index (χ1v) is 5.74. The summed E-state index contributed by atoms with van der Waals surface area (Å²) in [6, 6.07) is 8.90. The summed E-state index contributed by atoms with van der Waals surface area (Å²) in [6.07, 6.45) is 0.870. The third kappa shape index (κ3) is 2.21. The van der Waals surface area contributed by atoms with Gasteiger partial charge in [-0.05, 0) is 31.2 Å². The Labute approximate surface area is 106 Å². The zero-order valence-electron chi connectivity index (χ0n) is 10.2. The number of carbonyl (C=O) groups excluding carboxylic acids is 1. The summed E-state index contributed by atoms with van der Waals surface area (Å²) in [5, 5.41) is 8.40. The molecule has 92 valence electrons. The highest BCUT2D eigenvalue weighted by molar-refractivity contribution is 5.96. The van der Waals surface area contributed by atoms with Gasteiger partial charge in [-0.3, -0.25) is 4.79 Å². The normalized spacial score (nSPS) is 17.9. The van der Waals surface area contributed by atoms with E-state index in [2.05, 4.69) is 6.58 Å². The zero-order chi connectivity index (χ0) is 13.1. The molecule has 1 amide bonds. The van der Waals surface area contributed by atoms with Gasteiger partial charge in [0.15, 0.2) is 6.61 Å². The van der Waals surface area contributed by atoms with Gasteiger partial charge >= 0.3 is 0 Å². The van der Waals surface area contributed by atoms with Gasteiger partial charge in [-0.15, -0.1) is 0 Å². The van der Waals surface area contributed by atoms with Crippen molar-refractivity contribution in [3.05, 3.63) is 42.1 Å². The molecule has 0 saturated carbocycles. The lowest BCUT2D eigenvalue weighted by Gasteiger charge is -2.40. The van der Waals surface area contributed by atoms with Gasteiger partial charge in [-0.25, -0.2) is 0 Å². The molecule has 1 saturated heterocycles. The maximum absolute atomic E-state index is 12.1. The summed E-state index contributed by atoms with van der Waals surface area (Å²) < 4.78 is 5.13. The summed E-state index contributed by atoms with van der Waals surface area (Å²) in [5.74, 6) is 0.550. The second-order valence-electron chi connectivity index (χ2n) is 4.27. The molecule has 1 aliphatic rings. The number of carbonyl (C=O) groups is 1. The summed E-state index contributed by atoms with van der Waals surface area (Å²) >= 11 is 0. The van der Waals surface area contributed by atoms with Crippen LogP contribution in [0.2, 0.25) is 0 Å². The maximum Gasteiger partial charge on any atom is 0.258 e. The van der Waals surface area contributed by atoms with E-state index in [0.29, 0.717) is 11.3 Å². The van der Waals surface area contributed by atoms with Crippen LogP contribution in [0, 0.1) is 11.3 Å². The van der Waals surface area contributed by atoms with Crippen LogP contribution in [0.15, 0.2) is 36.5 Å². The van der Waals surface area contributed by atoms with Gasteiger partial charge in [0.2, 0.25) is 0 Å². The van der Waals surface area contributed by atoms with Crippen LogP contribution < -0.4 is 4.74 Å². The van der Waals surface area contributed by atoms with E-state index in [0.717, 1.165) is 12.1 Å². The Bertz CT molecular complexity index is 514. The van der Waals surface area contributed by atoms with Crippen LogP contribution in [0.4, 0.5) is 0 Å².